The zero-order valence-electron chi connectivity index (χ0n) is 7.59. The molecule has 70 valence electrons. The van der Waals surface area contributed by atoms with Crippen LogP contribution in [-0.4, -0.2) is 31.2 Å². The van der Waals surface area contributed by atoms with E-state index in [0.717, 1.165) is 6.42 Å². The van der Waals surface area contributed by atoms with Crippen molar-refractivity contribution in [3.63, 3.8) is 0 Å². The lowest BCUT2D eigenvalue weighted by Gasteiger charge is -2.30. The summed E-state index contributed by atoms with van der Waals surface area (Å²) in [5, 5.41) is 3.13. The largest absolute Gasteiger partial charge is 0.376 e. The Hall–Kier alpha value is -0.610. The number of nitrogens with two attached hydrogens (primary N) is 1. The van der Waals surface area contributed by atoms with Crippen molar-refractivity contribution in [3.05, 3.63) is 0 Å². The first-order valence-corrected chi connectivity index (χ1v) is 4.19. The zero-order chi connectivity index (χ0) is 9.19. The number of ether oxygens (including phenoxy) is 1. The average molecular weight is 172 g/mol. The Morgan fingerprint density at radius 3 is 2.83 bits per heavy atom. The lowest BCUT2D eigenvalue weighted by atomic mass is 9.88. The number of amides is 1. The molecule has 1 fully saturated rings. The summed E-state index contributed by atoms with van der Waals surface area (Å²) in [6, 6.07) is 0. The van der Waals surface area contributed by atoms with Crippen molar-refractivity contribution in [2.24, 2.45) is 5.73 Å². The summed E-state index contributed by atoms with van der Waals surface area (Å²) in [5.74, 6) is -0.276. The van der Waals surface area contributed by atoms with Crippen LogP contribution in [0.25, 0.3) is 0 Å². The van der Waals surface area contributed by atoms with Crippen molar-refractivity contribution in [1.82, 2.24) is 5.32 Å². The summed E-state index contributed by atoms with van der Waals surface area (Å²) in [5.41, 5.74) is 4.93. The van der Waals surface area contributed by atoms with E-state index in [2.05, 4.69) is 5.32 Å². The molecule has 1 heterocycles. The molecule has 1 rings (SSSR count). The Bertz CT molecular complexity index is 184. The third kappa shape index (κ3) is 1.59. The van der Waals surface area contributed by atoms with E-state index >= 15 is 0 Å². The van der Waals surface area contributed by atoms with Crippen LogP contribution in [0.3, 0.4) is 0 Å². The van der Waals surface area contributed by atoms with Gasteiger partial charge in [-0.3, -0.25) is 4.79 Å². The Balaban J connectivity index is 2.67. The normalized spacial score (nSPS) is 35.3. The minimum Gasteiger partial charge on any atom is -0.376 e. The lowest BCUT2D eigenvalue weighted by molar-refractivity contribution is -0.120. The molecule has 0 spiro atoms. The Morgan fingerprint density at radius 2 is 2.50 bits per heavy atom. The second-order valence-corrected chi connectivity index (χ2v) is 3.31. The van der Waals surface area contributed by atoms with Crippen molar-refractivity contribution in [3.8, 4) is 0 Å². The lowest BCUT2D eigenvalue weighted by Crippen LogP contribution is -2.51. The highest BCUT2D eigenvalue weighted by Crippen LogP contribution is 2.28. The van der Waals surface area contributed by atoms with Crippen LogP contribution in [0.5, 0.6) is 0 Å². The first kappa shape index (κ1) is 9.48. The zero-order valence-corrected chi connectivity index (χ0v) is 7.59. The van der Waals surface area contributed by atoms with Gasteiger partial charge >= 0.3 is 0 Å². The van der Waals surface area contributed by atoms with Gasteiger partial charge in [-0.25, -0.2) is 0 Å². The van der Waals surface area contributed by atoms with Crippen LogP contribution >= 0.6 is 0 Å². The van der Waals surface area contributed by atoms with Gasteiger partial charge in [0.05, 0.1) is 11.6 Å². The molecule has 1 saturated heterocycles. The number of carbonyl (C=O) groups excluding carboxylic acids is 1. The maximum atomic E-state index is 10.8. The molecule has 1 amide bonds. The Kier molecular flexibility index (Phi) is 2.69. The van der Waals surface area contributed by atoms with Gasteiger partial charge < -0.3 is 15.8 Å². The van der Waals surface area contributed by atoms with E-state index in [-0.39, 0.29) is 17.6 Å². The minimum absolute atomic E-state index is 0.0648. The quantitative estimate of drug-likeness (QED) is 0.610. The highest BCUT2D eigenvalue weighted by molar-refractivity contribution is 5.75. The molecular weight excluding hydrogens is 156 g/mol. The standard InChI is InChI=1S/C8H16N2O2/c1-6-8(10-2,3-4-12-6)5-7(9)11/h6,10H,3-5H2,1-2H3,(H2,9,11). The Labute approximate surface area is 72.5 Å². The van der Waals surface area contributed by atoms with Gasteiger partial charge in [0.15, 0.2) is 0 Å². The topological polar surface area (TPSA) is 64.3 Å². The van der Waals surface area contributed by atoms with Gasteiger partial charge in [-0.05, 0) is 20.4 Å². The highest BCUT2D eigenvalue weighted by atomic mass is 16.5. The first-order chi connectivity index (χ1) is 5.60. The second kappa shape index (κ2) is 3.41. The van der Waals surface area contributed by atoms with Crippen molar-refractivity contribution < 1.29 is 9.53 Å². The molecule has 0 aromatic rings. The molecule has 12 heavy (non-hydrogen) atoms. The predicted octanol–water partition coefficient (Wildman–Crippen LogP) is -0.371. The molecule has 2 unspecified atom stereocenters. The fourth-order valence-electron chi connectivity index (χ4n) is 1.74. The van der Waals surface area contributed by atoms with Crippen LogP contribution in [0.15, 0.2) is 0 Å². The van der Waals surface area contributed by atoms with E-state index in [1.54, 1.807) is 0 Å². The maximum absolute atomic E-state index is 10.8. The second-order valence-electron chi connectivity index (χ2n) is 3.31. The predicted molar refractivity (Wildman–Crippen MR) is 45.6 cm³/mol. The average Bonchev–Trinajstić information content (AvgIpc) is 2.32. The number of rotatable bonds is 3. The number of carbonyl (C=O) groups is 1. The molecule has 2 atom stereocenters. The number of nitrogens with one attached hydrogen (secondary N) is 1. The summed E-state index contributed by atoms with van der Waals surface area (Å²) in [6.45, 7) is 2.67. The summed E-state index contributed by atoms with van der Waals surface area (Å²) in [7, 11) is 1.84. The highest BCUT2D eigenvalue weighted by Gasteiger charge is 2.41. The number of primary amides is 1. The monoisotopic (exact) mass is 172 g/mol. The van der Waals surface area contributed by atoms with Gasteiger partial charge in [0, 0.05) is 13.0 Å². The molecule has 0 bridgehead atoms. The van der Waals surface area contributed by atoms with E-state index in [9.17, 15) is 4.79 Å². The van der Waals surface area contributed by atoms with Crippen LogP contribution in [-0.2, 0) is 9.53 Å². The van der Waals surface area contributed by atoms with E-state index in [0.29, 0.717) is 13.0 Å². The smallest absolute Gasteiger partial charge is 0.219 e. The molecule has 0 aromatic carbocycles. The summed E-state index contributed by atoms with van der Waals surface area (Å²) >= 11 is 0. The molecule has 1 aliphatic rings. The van der Waals surface area contributed by atoms with Crippen LogP contribution in [0, 0.1) is 0 Å². The molecular formula is C8H16N2O2. The van der Waals surface area contributed by atoms with Crippen LogP contribution in [0.4, 0.5) is 0 Å². The summed E-state index contributed by atoms with van der Waals surface area (Å²) in [6.07, 6.45) is 1.27. The van der Waals surface area contributed by atoms with Crippen molar-refractivity contribution in [1.29, 1.82) is 0 Å². The molecule has 3 N–H and O–H groups in total. The molecule has 0 saturated carbocycles. The van der Waals surface area contributed by atoms with Crippen molar-refractivity contribution in [2.45, 2.75) is 31.4 Å². The van der Waals surface area contributed by atoms with E-state index in [1.165, 1.54) is 0 Å². The molecule has 0 aromatic heterocycles. The SMILES string of the molecule is CNC1(CC(N)=O)CCOC1C. The number of hydrogen-bond acceptors (Lipinski definition) is 3. The maximum Gasteiger partial charge on any atom is 0.219 e. The molecule has 0 radical (unpaired) electrons. The van der Waals surface area contributed by atoms with E-state index in [1.807, 2.05) is 14.0 Å². The van der Waals surface area contributed by atoms with Crippen molar-refractivity contribution >= 4 is 5.91 Å². The van der Waals surface area contributed by atoms with Crippen LogP contribution in [0.1, 0.15) is 19.8 Å². The Morgan fingerprint density at radius 1 is 1.83 bits per heavy atom. The molecule has 0 aliphatic carbocycles. The first-order valence-electron chi connectivity index (χ1n) is 4.19. The molecule has 4 heteroatoms. The minimum atomic E-state index is -0.276. The van der Waals surface area contributed by atoms with Crippen LogP contribution < -0.4 is 11.1 Å². The fraction of sp³-hybridized carbons (Fsp3) is 0.875. The number of hydrogen-bond donors (Lipinski definition) is 2. The van der Waals surface area contributed by atoms with Gasteiger partial charge in [-0.15, -0.1) is 0 Å². The number of likely N-dealkylation sites (N-methyl/N-ethyl adjacent to an activating group) is 1. The third-order valence-electron chi connectivity index (χ3n) is 2.68. The van der Waals surface area contributed by atoms with Crippen LogP contribution in [0.2, 0.25) is 0 Å². The fourth-order valence-corrected chi connectivity index (χ4v) is 1.74. The van der Waals surface area contributed by atoms with E-state index < -0.39 is 0 Å². The summed E-state index contributed by atoms with van der Waals surface area (Å²) < 4.78 is 5.39. The summed E-state index contributed by atoms with van der Waals surface area (Å²) in [4.78, 5) is 10.8. The third-order valence-corrected chi connectivity index (χ3v) is 2.68. The molecule has 1 aliphatic heterocycles. The van der Waals surface area contributed by atoms with Gasteiger partial charge in [0.2, 0.25) is 5.91 Å². The van der Waals surface area contributed by atoms with Gasteiger partial charge in [0.1, 0.15) is 0 Å². The van der Waals surface area contributed by atoms with Gasteiger partial charge in [-0.2, -0.15) is 0 Å². The van der Waals surface area contributed by atoms with Crippen molar-refractivity contribution in [2.75, 3.05) is 13.7 Å². The van der Waals surface area contributed by atoms with Gasteiger partial charge in [-0.1, -0.05) is 0 Å². The van der Waals surface area contributed by atoms with Gasteiger partial charge in [0.25, 0.3) is 0 Å². The molecule has 4 nitrogen and oxygen atoms in total. The van der Waals surface area contributed by atoms with E-state index in [4.69, 9.17) is 10.5 Å².